The first-order valence-electron chi connectivity index (χ1n) is 7.44. The van der Waals surface area contributed by atoms with Crippen molar-refractivity contribution in [3.05, 3.63) is 58.1 Å². The van der Waals surface area contributed by atoms with Gasteiger partial charge in [-0.1, -0.05) is 23.7 Å². The van der Waals surface area contributed by atoms with Gasteiger partial charge in [-0.25, -0.2) is 0 Å². The maximum absolute atomic E-state index is 12.6. The average molecular weight is 331 g/mol. The van der Waals surface area contributed by atoms with Crippen LogP contribution in [0.15, 0.2) is 34.7 Å². The highest BCUT2D eigenvalue weighted by molar-refractivity contribution is 6.35. The van der Waals surface area contributed by atoms with Gasteiger partial charge in [-0.05, 0) is 18.2 Å². The van der Waals surface area contributed by atoms with Gasteiger partial charge in [0.15, 0.2) is 5.76 Å². The van der Waals surface area contributed by atoms with Crippen molar-refractivity contribution in [2.24, 2.45) is 0 Å². The minimum Gasteiger partial charge on any atom is -0.453 e. The molecule has 4 rings (SSSR count). The number of amides is 1. The highest BCUT2D eigenvalue weighted by Crippen LogP contribution is 2.32. The van der Waals surface area contributed by atoms with Crippen molar-refractivity contribution in [1.29, 1.82) is 0 Å². The number of carbonyl (C=O) groups excluding carboxylic acids is 1. The minimum absolute atomic E-state index is 0.160. The number of H-pyrrole nitrogens is 1. The van der Waals surface area contributed by atoms with Crippen molar-refractivity contribution in [3.8, 4) is 0 Å². The summed E-state index contributed by atoms with van der Waals surface area (Å²) in [6.07, 6.45) is 0.750. The Morgan fingerprint density at radius 1 is 1.35 bits per heavy atom. The Labute approximate surface area is 137 Å². The molecule has 0 unspecified atom stereocenters. The number of hydrogen-bond acceptors (Lipinski definition) is 3. The molecule has 0 saturated carbocycles. The lowest BCUT2D eigenvalue weighted by Gasteiger charge is -2.26. The summed E-state index contributed by atoms with van der Waals surface area (Å²) in [6, 6.07) is 9.01. The standard InChI is InChI=1S/C17H15ClN2O3/c18-13-3-1-2-11-12-8-20(7-6-14(12)19-16(11)13)17(22)15-5-4-10(9-21)23-15/h1-5,19,21H,6-9H2. The molecule has 1 aliphatic rings. The maximum Gasteiger partial charge on any atom is 0.289 e. The van der Waals surface area contributed by atoms with Crippen LogP contribution in [0.2, 0.25) is 5.02 Å². The van der Waals surface area contributed by atoms with E-state index in [0.717, 1.165) is 28.6 Å². The van der Waals surface area contributed by atoms with Gasteiger partial charge in [-0.3, -0.25) is 4.79 Å². The van der Waals surface area contributed by atoms with E-state index in [0.29, 0.717) is 23.9 Å². The summed E-state index contributed by atoms with van der Waals surface area (Å²) < 4.78 is 5.35. The fourth-order valence-corrected chi connectivity index (χ4v) is 3.33. The molecule has 0 saturated heterocycles. The second-order valence-electron chi connectivity index (χ2n) is 5.65. The van der Waals surface area contributed by atoms with Crippen LogP contribution in [0.5, 0.6) is 0 Å². The van der Waals surface area contributed by atoms with Gasteiger partial charge in [0.25, 0.3) is 5.91 Å². The van der Waals surface area contributed by atoms with Crippen molar-refractivity contribution < 1.29 is 14.3 Å². The molecular weight excluding hydrogens is 316 g/mol. The smallest absolute Gasteiger partial charge is 0.289 e. The monoisotopic (exact) mass is 330 g/mol. The molecule has 1 aromatic carbocycles. The van der Waals surface area contributed by atoms with Gasteiger partial charge in [0, 0.05) is 36.2 Å². The number of aromatic nitrogens is 1. The van der Waals surface area contributed by atoms with Gasteiger partial charge in [-0.15, -0.1) is 0 Å². The predicted molar refractivity (Wildman–Crippen MR) is 86.4 cm³/mol. The molecule has 6 heteroatoms. The van der Waals surface area contributed by atoms with Crippen molar-refractivity contribution >= 4 is 28.4 Å². The van der Waals surface area contributed by atoms with Crippen LogP contribution in [-0.4, -0.2) is 27.4 Å². The molecule has 0 fully saturated rings. The number of fused-ring (bicyclic) bond motifs is 3. The topological polar surface area (TPSA) is 69.5 Å². The lowest BCUT2D eigenvalue weighted by Crippen LogP contribution is -2.35. The van der Waals surface area contributed by atoms with Crippen LogP contribution in [0.1, 0.15) is 27.6 Å². The second kappa shape index (κ2) is 5.44. The number of nitrogens with zero attached hydrogens (tertiary/aromatic N) is 1. The molecule has 0 radical (unpaired) electrons. The van der Waals surface area contributed by atoms with E-state index in [9.17, 15) is 4.79 Å². The Morgan fingerprint density at radius 3 is 3.00 bits per heavy atom. The Morgan fingerprint density at radius 2 is 2.22 bits per heavy atom. The summed E-state index contributed by atoms with van der Waals surface area (Å²) in [4.78, 5) is 17.7. The van der Waals surface area contributed by atoms with Crippen LogP contribution in [0.4, 0.5) is 0 Å². The molecule has 5 nitrogen and oxygen atoms in total. The molecule has 2 aromatic heterocycles. The number of aliphatic hydroxyl groups is 1. The van der Waals surface area contributed by atoms with E-state index >= 15 is 0 Å². The number of hydrogen-bond donors (Lipinski definition) is 2. The number of carbonyl (C=O) groups is 1. The Balaban J connectivity index is 1.67. The van der Waals surface area contributed by atoms with Crippen LogP contribution in [-0.2, 0) is 19.6 Å². The van der Waals surface area contributed by atoms with E-state index in [1.165, 1.54) is 0 Å². The molecular formula is C17H15ClN2O3. The first kappa shape index (κ1) is 14.4. The fraction of sp³-hybridized carbons (Fsp3) is 0.235. The van der Waals surface area contributed by atoms with Crippen molar-refractivity contribution in [1.82, 2.24) is 9.88 Å². The maximum atomic E-state index is 12.6. The molecule has 118 valence electrons. The third-order valence-electron chi connectivity index (χ3n) is 4.28. The number of para-hydroxylation sites is 1. The number of benzene rings is 1. The summed E-state index contributed by atoms with van der Waals surface area (Å²) in [5, 5.41) is 10.8. The van der Waals surface area contributed by atoms with Crippen molar-refractivity contribution in [2.75, 3.05) is 6.54 Å². The third-order valence-corrected chi connectivity index (χ3v) is 4.59. The highest BCUT2D eigenvalue weighted by Gasteiger charge is 2.26. The quantitative estimate of drug-likeness (QED) is 0.758. The number of furan rings is 1. The molecule has 2 N–H and O–H groups in total. The van der Waals surface area contributed by atoms with E-state index in [1.807, 2.05) is 18.2 Å². The minimum atomic E-state index is -0.210. The SMILES string of the molecule is O=C(c1ccc(CO)o1)N1CCc2[nH]c3c(Cl)cccc3c2C1. The van der Waals surface area contributed by atoms with E-state index in [1.54, 1.807) is 17.0 Å². The zero-order valence-corrected chi connectivity index (χ0v) is 13.1. The second-order valence-corrected chi connectivity index (χ2v) is 6.05. The van der Waals surface area contributed by atoms with Crippen LogP contribution in [0, 0.1) is 0 Å². The van der Waals surface area contributed by atoms with Gasteiger partial charge < -0.3 is 19.4 Å². The summed E-state index contributed by atoms with van der Waals surface area (Å²) >= 11 is 6.24. The summed E-state index contributed by atoms with van der Waals surface area (Å²) in [7, 11) is 0. The van der Waals surface area contributed by atoms with E-state index in [2.05, 4.69) is 4.98 Å². The van der Waals surface area contributed by atoms with E-state index in [4.69, 9.17) is 21.1 Å². The predicted octanol–water partition coefficient (Wildman–Crippen LogP) is 3.11. The van der Waals surface area contributed by atoms with Gasteiger partial charge in [0.1, 0.15) is 12.4 Å². The Hall–Kier alpha value is -2.24. The lowest BCUT2D eigenvalue weighted by atomic mass is 10.0. The zero-order valence-electron chi connectivity index (χ0n) is 12.3. The molecule has 1 aliphatic heterocycles. The molecule has 0 atom stereocenters. The first-order chi connectivity index (χ1) is 11.2. The van der Waals surface area contributed by atoms with Crippen LogP contribution in [0.3, 0.4) is 0 Å². The molecule has 1 amide bonds. The summed E-state index contributed by atoms with van der Waals surface area (Å²) in [5.41, 5.74) is 3.16. The zero-order chi connectivity index (χ0) is 16.0. The van der Waals surface area contributed by atoms with Gasteiger partial charge in [-0.2, -0.15) is 0 Å². The van der Waals surface area contributed by atoms with Gasteiger partial charge in [0.05, 0.1) is 10.5 Å². The van der Waals surface area contributed by atoms with E-state index < -0.39 is 0 Å². The molecule has 0 spiro atoms. The largest absolute Gasteiger partial charge is 0.453 e. The van der Waals surface area contributed by atoms with Crippen molar-refractivity contribution in [3.63, 3.8) is 0 Å². The normalized spacial score (nSPS) is 14.3. The number of halogens is 1. The molecule has 3 heterocycles. The highest BCUT2D eigenvalue weighted by atomic mass is 35.5. The number of aliphatic hydroxyl groups excluding tert-OH is 1. The van der Waals surface area contributed by atoms with E-state index in [-0.39, 0.29) is 18.3 Å². The summed E-state index contributed by atoms with van der Waals surface area (Å²) in [6.45, 7) is 0.924. The summed E-state index contributed by atoms with van der Waals surface area (Å²) in [5.74, 6) is 0.493. The molecule has 0 aliphatic carbocycles. The fourth-order valence-electron chi connectivity index (χ4n) is 3.11. The third kappa shape index (κ3) is 2.33. The number of nitrogens with one attached hydrogen (secondary N) is 1. The molecule has 3 aromatic rings. The molecule has 0 bridgehead atoms. The first-order valence-corrected chi connectivity index (χ1v) is 7.82. The Kier molecular flexibility index (Phi) is 3.39. The molecule has 23 heavy (non-hydrogen) atoms. The number of aromatic amines is 1. The van der Waals surface area contributed by atoms with Gasteiger partial charge in [0.2, 0.25) is 0 Å². The van der Waals surface area contributed by atoms with Gasteiger partial charge >= 0.3 is 0 Å². The van der Waals surface area contributed by atoms with Crippen LogP contribution >= 0.6 is 11.6 Å². The number of rotatable bonds is 2. The Bertz CT molecular complexity index is 897. The average Bonchev–Trinajstić information content (AvgIpc) is 3.19. The van der Waals surface area contributed by atoms with Crippen molar-refractivity contribution in [2.45, 2.75) is 19.6 Å². The van der Waals surface area contributed by atoms with Crippen LogP contribution in [0.25, 0.3) is 10.9 Å². The van der Waals surface area contributed by atoms with Crippen LogP contribution < -0.4 is 0 Å². The lowest BCUT2D eigenvalue weighted by molar-refractivity contribution is 0.0698.